The molecule has 1 aliphatic rings. The van der Waals surface area contributed by atoms with E-state index < -0.39 is 10.8 Å². The Balaban J connectivity index is 2.01. The number of hydrogen-bond donors (Lipinski definition) is 1. The van der Waals surface area contributed by atoms with E-state index in [9.17, 15) is 4.21 Å². The first-order valence-corrected chi connectivity index (χ1v) is 9.65. The topological polar surface area (TPSA) is 29.1 Å². The molecule has 0 aliphatic heterocycles. The summed E-state index contributed by atoms with van der Waals surface area (Å²) in [6.07, 6.45) is 4.83. The van der Waals surface area contributed by atoms with Crippen LogP contribution < -0.4 is 5.32 Å². The van der Waals surface area contributed by atoms with E-state index in [2.05, 4.69) is 50.4 Å². The summed E-state index contributed by atoms with van der Waals surface area (Å²) in [5.41, 5.74) is 2.54. The number of hydrogen-bond acceptors (Lipinski definition) is 2. The maximum Gasteiger partial charge on any atom is 0.0436 e. The van der Waals surface area contributed by atoms with Crippen LogP contribution in [-0.2, 0) is 10.8 Å². The zero-order valence-electron chi connectivity index (χ0n) is 13.6. The summed E-state index contributed by atoms with van der Waals surface area (Å²) in [5.74, 6) is 1.48. The molecule has 1 saturated carbocycles. The second kappa shape index (κ2) is 8.09. The Morgan fingerprint density at radius 1 is 1.29 bits per heavy atom. The van der Waals surface area contributed by atoms with Gasteiger partial charge in [0.05, 0.1) is 0 Å². The number of benzene rings is 1. The predicted octanol–water partition coefficient (Wildman–Crippen LogP) is 3.97. The summed E-state index contributed by atoms with van der Waals surface area (Å²) < 4.78 is 12.7. The van der Waals surface area contributed by atoms with Crippen molar-refractivity contribution in [3.8, 4) is 0 Å². The zero-order valence-corrected chi connectivity index (χ0v) is 14.4. The molecule has 4 atom stereocenters. The van der Waals surface area contributed by atoms with E-state index in [1.807, 2.05) is 0 Å². The summed E-state index contributed by atoms with van der Waals surface area (Å²) in [5, 5.41) is 3.91. The standard InChI is InChI=1S/C18H29NOS/c1-4-19-18(16-10-8-14(2)9-11-16)13-21(20)17-7-5-6-15(3)12-17/h8-11,15,17-19H,4-7,12-13H2,1-3H3. The molecule has 0 spiro atoms. The van der Waals surface area contributed by atoms with Crippen LogP contribution in [0.5, 0.6) is 0 Å². The molecule has 0 saturated heterocycles. The second-order valence-electron chi connectivity index (χ2n) is 6.46. The first kappa shape index (κ1) is 16.7. The van der Waals surface area contributed by atoms with Crippen LogP contribution in [-0.4, -0.2) is 21.8 Å². The predicted molar refractivity (Wildman–Crippen MR) is 92.0 cm³/mol. The van der Waals surface area contributed by atoms with Crippen LogP contribution in [0, 0.1) is 12.8 Å². The lowest BCUT2D eigenvalue weighted by atomic mass is 9.91. The van der Waals surface area contributed by atoms with E-state index in [0.717, 1.165) is 31.1 Å². The molecule has 118 valence electrons. The minimum absolute atomic E-state index is 0.216. The maximum absolute atomic E-state index is 12.7. The van der Waals surface area contributed by atoms with E-state index >= 15 is 0 Å². The summed E-state index contributed by atoms with van der Waals surface area (Å²) in [7, 11) is -0.727. The average molecular weight is 308 g/mol. The Kier molecular flexibility index (Phi) is 6.43. The number of rotatable bonds is 6. The van der Waals surface area contributed by atoms with Crippen molar-refractivity contribution in [1.82, 2.24) is 5.32 Å². The fourth-order valence-corrected chi connectivity index (χ4v) is 5.12. The highest BCUT2D eigenvalue weighted by Gasteiger charge is 2.26. The normalized spacial score (nSPS) is 25.5. The molecule has 1 aromatic carbocycles. The summed E-state index contributed by atoms with van der Waals surface area (Å²) in [4.78, 5) is 0. The molecule has 0 aromatic heterocycles. The van der Waals surface area contributed by atoms with Crippen molar-refractivity contribution in [2.75, 3.05) is 12.3 Å². The van der Waals surface area contributed by atoms with Gasteiger partial charge in [-0.3, -0.25) is 4.21 Å². The monoisotopic (exact) mass is 307 g/mol. The van der Waals surface area contributed by atoms with Gasteiger partial charge < -0.3 is 5.32 Å². The van der Waals surface area contributed by atoms with Crippen molar-refractivity contribution in [3.63, 3.8) is 0 Å². The lowest BCUT2D eigenvalue weighted by molar-refractivity contribution is 0.388. The summed E-state index contributed by atoms with van der Waals surface area (Å²) in [6.45, 7) is 7.43. The van der Waals surface area contributed by atoms with Crippen LogP contribution in [0.4, 0.5) is 0 Å². The molecule has 1 aliphatic carbocycles. The van der Waals surface area contributed by atoms with Crippen molar-refractivity contribution < 1.29 is 4.21 Å². The smallest absolute Gasteiger partial charge is 0.0436 e. The van der Waals surface area contributed by atoms with Crippen LogP contribution >= 0.6 is 0 Å². The second-order valence-corrected chi connectivity index (χ2v) is 8.22. The van der Waals surface area contributed by atoms with Crippen molar-refractivity contribution in [3.05, 3.63) is 35.4 Å². The van der Waals surface area contributed by atoms with Gasteiger partial charge in [-0.05, 0) is 37.8 Å². The lowest BCUT2D eigenvalue weighted by Gasteiger charge is -2.28. The highest BCUT2D eigenvalue weighted by molar-refractivity contribution is 7.85. The van der Waals surface area contributed by atoms with Gasteiger partial charge in [-0.1, -0.05) is 56.5 Å². The average Bonchev–Trinajstić information content (AvgIpc) is 2.47. The third kappa shape index (κ3) is 4.93. The Hall–Kier alpha value is -0.670. The van der Waals surface area contributed by atoms with Crippen LogP contribution in [0.1, 0.15) is 56.7 Å². The van der Waals surface area contributed by atoms with E-state index in [1.54, 1.807) is 0 Å². The van der Waals surface area contributed by atoms with Crippen LogP contribution in [0.15, 0.2) is 24.3 Å². The van der Waals surface area contributed by atoms with Crippen molar-refractivity contribution >= 4 is 10.8 Å². The van der Waals surface area contributed by atoms with Crippen LogP contribution in [0.3, 0.4) is 0 Å². The molecule has 21 heavy (non-hydrogen) atoms. The summed E-state index contributed by atoms with van der Waals surface area (Å²) >= 11 is 0. The first-order valence-electron chi connectivity index (χ1n) is 8.27. The number of aryl methyl sites for hydroxylation is 1. The Bertz CT molecular complexity index is 457. The summed E-state index contributed by atoms with van der Waals surface area (Å²) in [6, 6.07) is 8.84. The lowest BCUT2D eigenvalue weighted by Crippen LogP contribution is -2.31. The molecule has 0 radical (unpaired) electrons. The molecular weight excluding hydrogens is 278 g/mol. The molecule has 2 nitrogen and oxygen atoms in total. The fourth-order valence-electron chi connectivity index (χ4n) is 3.24. The van der Waals surface area contributed by atoms with Gasteiger partial charge in [0.15, 0.2) is 0 Å². The Labute approximate surface area is 132 Å². The Morgan fingerprint density at radius 3 is 2.62 bits per heavy atom. The van der Waals surface area contributed by atoms with Crippen molar-refractivity contribution in [2.45, 2.75) is 57.7 Å². The van der Waals surface area contributed by atoms with Crippen molar-refractivity contribution in [2.24, 2.45) is 5.92 Å². The molecule has 1 fully saturated rings. The van der Waals surface area contributed by atoms with Gasteiger partial charge in [-0.25, -0.2) is 0 Å². The minimum Gasteiger partial charge on any atom is -0.309 e. The van der Waals surface area contributed by atoms with Gasteiger partial charge in [-0.15, -0.1) is 0 Å². The van der Waals surface area contributed by atoms with E-state index in [0.29, 0.717) is 5.25 Å². The van der Waals surface area contributed by atoms with Crippen LogP contribution in [0.2, 0.25) is 0 Å². The van der Waals surface area contributed by atoms with Gasteiger partial charge in [0.2, 0.25) is 0 Å². The zero-order chi connectivity index (χ0) is 15.2. The highest BCUT2D eigenvalue weighted by atomic mass is 32.2. The Morgan fingerprint density at radius 2 is 2.00 bits per heavy atom. The molecule has 0 amide bonds. The fraction of sp³-hybridized carbons (Fsp3) is 0.667. The van der Waals surface area contributed by atoms with Gasteiger partial charge in [0.25, 0.3) is 0 Å². The minimum atomic E-state index is -0.727. The van der Waals surface area contributed by atoms with E-state index in [-0.39, 0.29) is 6.04 Å². The molecule has 1 aromatic rings. The van der Waals surface area contributed by atoms with Gasteiger partial charge >= 0.3 is 0 Å². The quantitative estimate of drug-likeness (QED) is 0.861. The molecule has 2 rings (SSSR count). The molecule has 3 heteroatoms. The van der Waals surface area contributed by atoms with Crippen molar-refractivity contribution in [1.29, 1.82) is 0 Å². The van der Waals surface area contributed by atoms with Gasteiger partial charge in [-0.2, -0.15) is 0 Å². The largest absolute Gasteiger partial charge is 0.309 e. The molecular formula is C18H29NOS. The molecule has 0 heterocycles. The van der Waals surface area contributed by atoms with E-state index in [4.69, 9.17) is 0 Å². The molecule has 4 unspecified atom stereocenters. The number of nitrogens with one attached hydrogen (secondary N) is 1. The SMILES string of the molecule is CCNC(CS(=O)C1CCCC(C)C1)c1ccc(C)cc1. The van der Waals surface area contributed by atoms with E-state index in [1.165, 1.54) is 24.0 Å². The van der Waals surface area contributed by atoms with Gasteiger partial charge in [0, 0.05) is 27.8 Å². The third-order valence-corrected chi connectivity index (χ3v) is 6.35. The maximum atomic E-state index is 12.7. The first-order chi connectivity index (χ1) is 10.1. The molecule has 1 N–H and O–H groups in total. The van der Waals surface area contributed by atoms with Crippen LogP contribution in [0.25, 0.3) is 0 Å². The molecule has 0 bridgehead atoms. The third-order valence-electron chi connectivity index (χ3n) is 4.52. The highest BCUT2D eigenvalue weighted by Crippen LogP contribution is 2.28. The van der Waals surface area contributed by atoms with Gasteiger partial charge in [0.1, 0.15) is 0 Å².